The maximum Gasteiger partial charge on any atom is 0.0280 e. The van der Waals surface area contributed by atoms with Gasteiger partial charge in [0.2, 0.25) is 0 Å². The monoisotopic (exact) mass is 161 g/mol. The van der Waals surface area contributed by atoms with E-state index in [1.807, 2.05) is 19.1 Å². The van der Waals surface area contributed by atoms with Crippen LogP contribution in [0.4, 0.5) is 0 Å². The summed E-state index contributed by atoms with van der Waals surface area (Å²) in [5, 5.41) is 0. The van der Waals surface area contributed by atoms with E-state index in [9.17, 15) is 0 Å². The topological polar surface area (TPSA) is 12.9 Å². The molecule has 0 atom stereocenters. The van der Waals surface area contributed by atoms with Crippen LogP contribution in [0.3, 0.4) is 0 Å². The molecule has 0 saturated carbocycles. The molecule has 0 saturated heterocycles. The first-order chi connectivity index (χ1) is 5.85. The van der Waals surface area contributed by atoms with E-state index in [1.165, 1.54) is 6.42 Å². The zero-order valence-electron chi connectivity index (χ0n) is 7.96. The quantitative estimate of drug-likeness (QED) is 0.533. The Morgan fingerprint density at radius 2 is 1.75 bits per heavy atom. The van der Waals surface area contributed by atoms with Gasteiger partial charge in [-0.3, -0.25) is 4.98 Å². The first-order valence-electron chi connectivity index (χ1n) is 4.17. The van der Waals surface area contributed by atoms with Gasteiger partial charge in [0.1, 0.15) is 0 Å². The summed E-state index contributed by atoms with van der Waals surface area (Å²) in [5.41, 5.74) is 1.02. The van der Waals surface area contributed by atoms with Crippen molar-refractivity contribution in [3.05, 3.63) is 30.1 Å². The molecule has 1 heteroatoms. The van der Waals surface area contributed by atoms with Crippen LogP contribution in [0, 0.1) is 11.8 Å². The maximum atomic E-state index is 3.86. The lowest BCUT2D eigenvalue weighted by atomic mass is 10.3. The second kappa shape index (κ2) is 7.81. The number of rotatable bonds is 0. The lowest BCUT2D eigenvalue weighted by Crippen LogP contribution is -1.72. The fourth-order valence-electron chi connectivity index (χ4n) is 0.580. The molecule has 0 bridgehead atoms. The highest BCUT2D eigenvalue weighted by Crippen LogP contribution is 1.90. The largest absolute Gasteiger partial charge is 0.265 e. The van der Waals surface area contributed by atoms with Crippen LogP contribution in [0.2, 0.25) is 0 Å². The van der Waals surface area contributed by atoms with E-state index in [1.54, 1.807) is 12.4 Å². The zero-order chi connectivity index (χ0) is 9.23. The van der Waals surface area contributed by atoms with Crippen LogP contribution in [0.5, 0.6) is 0 Å². The average Bonchev–Trinajstić information content (AvgIpc) is 2.08. The van der Waals surface area contributed by atoms with Gasteiger partial charge in [-0.1, -0.05) is 26.2 Å². The zero-order valence-corrected chi connectivity index (χ0v) is 7.96. The van der Waals surface area contributed by atoms with Gasteiger partial charge in [-0.25, -0.2) is 0 Å². The summed E-state index contributed by atoms with van der Waals surface area (Å²) >= 11 is 0. The highest BCUT2D eigenvalue weighted by atomic mass is 14.6. The minimum atomic E-state index is 1.02. The average molecular weight is 161 g/mol. The molecular formula is C11H15N. The molecule has 1 aromatic heterocycles. The summed E-state index contributed by atoms with van der Waals surface area (Å²) in [4.78, 5) is 3.86. The van der Waals surface area contributed by atoms with Crippen molar-refractivity contribution >= 4 is 0 Å². The van der Waals surface area contributed by atoms with E-state index in [0.29, 0.717) is 0 Å². The molecule has 0 radical (unpaired) electrons. The van der Waals surface area contributed by atoms with Gasteiger partial charge in [-0.15, -0.1) is 5.92 Å². The van der Waals surface area contributed by atoms with Crippen molar-refractivity contribution in [2.75, 3.05) is 0 Å². The standard InChI is InChI=1S/C8H7N.C3H8/c1-2-3-8-4-6-9-7-5-8;1-3-2/h4-7H,1H3;3H2,1-2H3. The number of hydrogen-bond acceptors (Lipinski definition) is 1. The summed E-state index contributed by atoms with van der Waals surface area (Å²) in [5.74, 6) is 5.72. The van der Waals surface area contributed by atoms with Crippen molar-refractivity contribution in [3.8, 4) is 11.8 Å². The third kappa shape index (κ3) is 5.49. The van der Waals surface area contributed by atoms with Gasteiger partial charge in [0.25, 0.3) is 0 Å². The molecule has 0 aliphatic rings. The minimum absolute atomic E-state index is 1.02. The van der Waals surface area contributed by atoms with Crippen LogP contribution in [-0.2, 0) is 0 Å². The van der Waals surface area contributed by atoms with Crippen molar-refractivity contribution in [3.63, 3.8) is 0 Å². The van der Waals surface area contributed by atoms with Gasteiger partial charge >= 0.3 is 0 Å². The van der Waals surface area contributed by atoms with E-state index >= 15 is 0 Å². The molecular weight excluding hydrogens is 146 g/mol. The molecule has 12 heavy (non-hydrogen) atoms. The Morgan fingerprint density at radius 1 is 1.25 bits per heavy atom. The fraction of sp³-hybridized carbons (Fsp3) is 0.364. The predicted octanol–water partition coefficient (Wildman–Crippen LogP) is 2.87. The maximum absolute atomic E-state index is 3.86. The highest BCUT2D eigenvalue weighted by Gasteiger charge is 1.78. The smallest absolute Gasteiger partial charge is 0.0280 e. The fourth-order valence-corrected chi connectivity index (χ4v) is 0.580. The van der Waals surface area contributed by atoms with Crippen LogP contribution in [0.15, 0.2) is 24.5 Å². The molecule has 1 heterocycles. The molecule has 0 aliphatic heterocycles. The minimum Gasteiger partial charge on any atom is -0.265 e. The third-order valence-electron chi connectivity index (χ3n) is 0.950. The van der Waals surface area contributed by atoms with Gasteiger partial charge in [0, 0.05) is 18.0 Å². The van der Waals surface area contributed by atoms with Crippen molar-refractivity contribution in [1.82, 2.24) is 4.98 Å². The lowest BCUT2D eigenvalue weighted by Gasteiger charge is -1.83. The normalized spacial score (nSPS) is 7.25. The second-order valence-electron chi connectivity index (χ2n) is 2.32. The molecule has 0 amide bonds. The van der Waals surface area contributed by atoms with Gasteiger partial charge in [-0.2, -0.15) is 0 Å². The SMILES string of the molecule is CC#Cc1ccncc1.CCC. The van der Waals surface area contributed by atoms with E-state index in [0.717, 1.165) is 5.56 Å². The summed E-state index contributed by atoms with van der Waals surface area (Å²) in [6, 6.07) is 3.77. The molecule has 0 fully saturated rings. The molecule has 0 aliphatic carbocycles. The Bertz CT molecular complexity index is 241. The summed E-state index contributed by atoms with van der Waals surface area (Å²) in [7, 11) is 0. The van der Waals surface area contributed by atoms with Crippen molar-refractivity contribution in [1.29, 1.82) is 0 Å². The van der Waals surface area contributed by atoms with Gasteiger partial charge in [0.15, 0.2) is 0 Å². The highest BCUT2D eigenvalue weighted by molar-refractivity contribution is 5.30. The molecule has 0 aromatic carbocycles. The number of aromatic nitrogens is 1. The van der Waals surface area contributed by atoms with E-state index in [2.05, 4.69) is 30.7 Å². The second-order valence-corrected chi connectivity index (χ2v) is 2.32. The first-order valence-corrected chi connectivity index (χ1v) is 4.17. The summed E-state index contributed by atoms with van der Waals surface area (Å²) < 4.78 is 0. The Kier molecular flexibility index (Phi) is 6.97. The number of pyridine rings is 1. The molecule has 0 N–H and O–H groups in total. The van der Waals surface area contributed by atoms with E-state index < -0.39 is 0 Å². The van der Waals surface area contributed by atoms with Crippen LogP contribution in [0.25, 0.3) is 0 Å². The van der Waals surface area contributed by atoms with Crippen molar-refractivity contribution in [2.24, 2.45) is 0 Å². The van der Waals surface area contributed by atoms with Crippen LogP contribution < -0.4 is 0 Å². The molecule has 64 valence electrons. The number of nitrogens with zero attached hydrogens (tertiary/aromatic N) is 1. The van der Waals surface area contributed by atoms with E-state index in [4.69, 9.17) is 0 Å². The Balaban J connectivity index is 0.000000354. The third-order valence-corrected chi connectivity index (χ3v) is 0.950. The Hall–Kier alpha value is -1.29. The summed E-state index contributed by atoms with van der Waals surface area (Å²) in [6.45, 7) is 6.07. The van der Waals surface area contributed by atoms with Crippen molar-refractivity contribution < 1.29 is 0 Å². The molecule has 0 unspecified atom stereocenters. The molecule has 1 rings (SSSR count). The Labute approximate surface area is 74.8 Å². The number of hydrogen-bond donors (Lipinski definition) is 0. The lowest BCUT2D eigenvalue weighted by molar-refractivity contribution is 1.09. The van der Waals surface area contributed by atoms with Gasteiger partial charge in [0.05, 0.1) is 0 Å². The van der Waals surface area contributed by atoms with Gasteiger partial charge in [-0.05, 0) is 19.1 Å². The molecule has 1 aromatic rings. The van der Waals surface area contributed by atoms with Crippen LogP contribution in [0.1, 0.15) is 32.8 Å². The van der Waals surface area contributed by atoms with Crippen molar-refractivity contribution in [2.45, 2.75) is 27.2 Å². The van der Waals surface area contributed by atoms with E-state index in [-0.39, 0.29) is 0 Å². The summed E-state index contributed by atoms with van der Waals surface area (Å²) in [6.07, 6.45) is 4.72. The van der Waals surface area contributed by atoms with Crippen LogP contribution >= 0.6 is 0 Å². The predicted molar refractivity (Wildman–Crippen MR) is 52.8 cm³/mol. The Morgan fingerprint density at radius 3 is 2.17 bits per heavy atom. The molecule has 1 nitrogen and oxygen atoms in total. The van der Waals surface area contributed by atoms with Crippen LogP contribution in [-0.4, -0.2) is 4.98 Å². The first kappa shape index (κ1) is 10.7. The van der Waals surface area contributed by atoms with Gasteiger partial charge < -0.3 is 0 Å². The molecule has 0 spiro atoms.